The van der Waals surface area contributed by atoms with Gasteiger partial charge in [0.25, 0.3) is 10.0 Å². The number of hydrogen-bond acceptors (Lipinski definition) is 4. The lowest BCUT2D eigenvalue weighted by molar-refractivity contribution is -0.114. The average Bonchev–Trinajstić information content (AvgIpc) is 2.85. The van der Waals surface area contributed by atoms with E-state index in [1.165, 1.54) is 23.6 Å². The minimum Gasteiger partial charge on any atom is -0.372 e. The maximum atomic E-state index is 13.7. The third-order valence-corrected chi connectivity index (χ3v) is 8.18. The Bertz CT molecular complexity index is 1280. The molecule has 1 saturated heterocycles. The molecule has 0 saturated carbocycles. The van der Waals surface area contributed by atoms with Gasteiger partial charge in [-0.15, -0.1) is 0 Å². The van der Waals surface area contributed by atoms with Crippen LogP contribution in [0.2, 0.25) is 0 Å². The first kappa shape index (κ1) is 24.8. The second-order valence-electron chi connectivity index (χ2n) is 9.26. The van der Waals surface area contributed by atoms with Gasteiger partial charge >= 0.3 is 0 Å². The number of benzene rings is 3. The van der Waals surface area contributed by atoms with Gasteiger partial charge in [-0.25, -0.2) is 8.42 Å². The van der Waals surface area contributed by atoms with Crippen molar-refractivity contribution in [2.24, 2.45) is 0 Å². The summed E-state index contributed by atoms with van der Waals surface area (Å²) in [5.41, 5.74) is 4.95. The summed E-state index contributed by atoms with van der Waals surface area (Å²) in [4.78, 5) is 15.6. The third-order valence-electron chi connectivity index (χ3n) is 6.40. The molecule has 0 bridgehead atoms. The highest BCUT2D eigenvalue weighted by molar-refractivity contribution is 7.92. The fourth-order valence-electron chi connectivity index (χ4n) is 4.36. The fraction of sp³-hybridized carbons (Fsp3) is 0.321. The lowest BCUT2D eigenvalue weighted by Crippen LogP contribution is -2.38. The molecule has 3 aromatic carbocycles. The van der Waals surface area contributed by atoms with E-state index in [0.29, 0.717) is 11.4 Å². The van der Waals surface area contributed by atoms with Crippen molar-refractivity contribution in [3.63, 3.8) is 0 Å². The smallest absolute Gasteiger partial charge is 0.264 e. The predicted octanol–water partition coefficient (Wildman–Crippen LogP) is 5.44. The molecule has 35 heavy (non-hydrogen) atoms. The number of carbonyl (C=O) groups is 1. The number of rotatable bonds is 7. The molecule has 0 atom stereocenters. The van der Waals surface area contributed by atoms with Crippen LogP contribution in [0.15, 0.2) is 71.6 Å². The first-order valence-electron chi connectivity index (χ1n) is 12.1. The maximum Gasteiger partial charge on any atom is 0.264 e. The van der Waals surface area contributed by atoms with E-state index in [2.05, 4.69) is 10.2 Å². The van der Waals surface area contributed by atoms with Crippen LogP contribution in [0.5, 0.6) is 0 Å². The van der Waals surface area contributed by atoms with Crippen LogP contribution in [0, 0.1) is 20.8 Å². The Morgan fingerprint density at radius 3 is 2.14 bits per heavy atom. The van der Waals surface area contributed by atoms with Crippen molar-refractivity contribution in [3.8, 4) is 0 Å². The van der Waals surface area contributed by atoms with E-state index in [1.807, 2.05) is 63.2 Å². The van der Waals surface area contributed by atoms with Crippen LogP contribution in [0.3, 0.4) is 0 Å². The zero-order chi connectivity index (χ0) is 25.0. The normalized spacial score (nSPS) is 14.0. The van der Waals surface area contributed by atoms with Crippen LogP contribution in [-0.2, 0) is 14.8 Å². The highest BCUT2D eigenvalue weighted by Crippen LogP contribution is 2.28. The summed E-state index contributed by atoms with van der Waals surface area (Å²) >= 11 is 0. The van der Waals surface area contributed by atoms with Crippen LogP contribution in [0.4, 0.5) is 17.1 Å². The summed E-state index contributed by atoms with van der Waals surface area (Å²) in [5.74, 6) is -0.396. The molecule has 1 amide bonds. The lowest BCUT2D eigenvalue weighted by atomic mass is 10.1. The second kappa shape index (κ2) is 10.5. The van der Waals surface area contributed by atoms with Gasteiger partial charge in [0.05, 0.1) is 10.6 Å². The molecule has 1 aliphatic rings. The molecule has 0 aliphatic carbocycles. The van der Waals surface area contributed by atoms with E-state index in [9.17, 15) is 13.2 Å². The molecule has 3 aromatic rings. The van der Waals surface area contributed by atoms with Crippen LogP contribution in [0.25, 0.3) is 0 Å². The number of anilines is 3. The first-order chi connectivity index (χ1) is 16.7. The van der Waals surface area contributed by atoms with E-state index in [0.717, 1.165) is 35.5 Å². The largest absolute Gasteiger partial charge is 0.372 e. The van der Waals surface area contributed by atoms with Crippen LogP contribution in [0.1, 0.15) is 36.0 Å². The molecule has 0 aromatic heterocycles. The Hall–Kier alpha value is -3.32. The molecule has 7 heteroatoms. The second-order valence-corrected chi connectivity index (χ2v) is 11.1. The van der Waals surface area contributed by atoms with Crippen molar-refractivity contribution in [1.82, 2.24) is 0 Å². The maximum absolute atomic E-state index is 13.7. The molecular formula is C28H33N3O3S. The molecule has 1 aliphatic heterocycles. The molecule has 1 heterocycles. The van der Waals surface area contributed by atoms with Gasteiger partial charge in [0.15, 0.2) is 0 Å². The van der Waals surface area contributed by atoms with Gasteiger partial charge in [-0.05, 0) is 93.6 Å². The topological polar surface area (TPSA) is 69.7 Å². The summed E-state index contributed by atoms with van der Waals surface area (Å²) < 4.78 is 28.5. The molecule has 6 nitrogen and oxygen atoms in total. The highest BCUT2D eigenvalue weighted by atomic mass is 32.2. The first-order valence-corrected chi connectivity index (χ1v) is 13.5. The molecule has 4 rings (SSSR count). The van der Waals surface area contributed by atoms with E-state index in [4.69, 9.17) is 0 Å². The zero-order valence-electron chi connectivity index (χ0n) is 20.6. The summed E-state index contributed by atoms with van der Waals surface area (Å²) in [6.07, 6.45) is 3.66. The zero-order valence-corrected chi connectivity index (χ0v) is 21.4. The van der Waals surface area contributed by atoms with Crippen molar-refractivity contribution in [3.05, 3.63) is 83.4 Å². The van der Waals surface area contributed by atoms with E-state index in [-0.39, 0.29) is 11.4 Å². The quantitative estimate of drug-likeness (QED) is 0.478. The third kappa shape index (κ3) is 5.85. The standard InChI is InChI=1S/C28H33N3O3S/c1-21-8-15-26(16-9-21)35(33,34)31(27-19-22(2)7-10-23(27)3)20-28(32)29-24-11-13-25(14-12-24)30-17-5-4-6-18-30/h7-16,19H,4-6,17-18,20H2,1-3H3,(H,29,32). The molecule has 0 unspecified atom stereocenters. The number of hydrogen-bond donors (Lipinski definition) is 1. The van der Waals surface area contributed by atoms with Gasteiger partial charge in [0.2, 0.25) is 5.91 Å². The number of amides is 1. The van der Waals surface area contributed by atoms with Crippen molar-refractivity contribution in [2.45, 2.75) is 44.9 Å². The van der Waals surface area contributed by atoms with Gasteiger partial charge in [-0.3, -0.25) is 9.10 Å². The van der Waals surface area contributed by atoms with E-state index < -0.39 is 15.9 Å². The van der Waals surface area contributed by atoms with Crippen molar-refractivity contribution in [2.75, 3.05) is 34.2 Å². The number of nitrogens with zero attached hydrogens (tertiary/aromatic N) is 2. The Morgan fingerprint density at radius 1 is 0.857 bits per heavy atom. The van der Waals surface area contributed by atoms with Crippen molar-refractivity contribution >= 4 is 33.0 Å². The molecule has 0 radical (unpaired) electrons. The number of nitrogens with one attached hydrogen (secondary N) is 1. The Kier molecular flexibility index (Phi) is 7.45. The van der Waals surface area contributed by atoms with E-state index in [1.54, 1.807) is 24.3 Å². The summed E-state index contributed by atoms with van der Waals surface area (Å²) in [7, 11) is -3.95. The van der Waals surface area contributed by atoms with Gasteiger partial charge in [0, 0.05) is 24.5 Å². The minimum absolute atomic E-state index is 0.155. The Labute approximate surface area is 208 Å². The molecule has 1 fully saturated rings. The fourth-order valence-corrected chi connectivity index (χ4v) is 5.84. The SMILES string of the molecule is Cc1ccc(S(=O)(=O)N(CC(=O)Nc2ccc(N3CCCCC3)cc2)c2cc(C)ccc2C)cc1. The van der Waals surface area contributed by atoms with Crippen LogP contribution < -0.4 is 14.5 Å². The van der Waals surface area contributed by atoms with E-state index >= 15 is 0 Å². The predicted molar refractivity (Wildman–Crippen MR) is 143 cm³/mol. The van der Waals surface area contributed by atoms with Gasteiger partial charge in [0.1, 0.15) is 6.54 Å². The highest BCUT2D eigenvalue weighted by Gasteiger charge is 2.28. The minimum atomic E-state index is -3.95. The monoisotopic (exact) mass is 491 g/mol. The van der Waals surface area contributed by atoms with Crippen LogP contribution in [-0.4, -0.2) is 34.0 Å². The molecular weight excluding hydrogens is 458 g/mol. The summed E-state index contributed by atoms with van der Waals surface area (Å²) in [5, 5.41) is 2.88. The van der Waals surface area contributed by atoms with Crippen LogP contribution >= 0.6 is 0 Å². The summed E-state index contributed by atoms with van der Waals surface area (Å²) in [6.45, 7) is 7.44. The van der Waals surface area contributed by atoms with Gasteiger partial charge in [-0.2, -0.15) is 0 Å². The molecule has 0 spiro atoms. The Morgan fingerprint density at radius 2 is 1.49 bits per heavy atom. The lowest BCUT2D eigenvalue weighted by Gasteiger charge is -2.29. The number of carbonyl (C=O) groups excluding carboxylic acids is 1. The average molecular weight is 492 g/mol. The number of sulfonamides is 1. The van der Waals surface area contributed by atoms with Crippen molar-refractivity contribution in [1.29, 1.82) is 0 Å². The number of piperidine rings is 1. The molecule has 184 valence electrons. The van der Waals surface area contributed by atoms with Crippen molar-refractivity contribution < 1.29 is 13.2 Å². The van der Waals surface area contributed by atoms with Gasteiger partial charge in [-0.1, -0.05) is 29.8 Å². The molecule has 1 N–H and O–H groups in total. The number of aryl methyl sites for hydroxylation is 3. The Balaban J connectivity index is 1.57. The van der Waals surface area contributed by atoms with Gasteiger partial charge < -0.3 is 10.2 Å². The summed E-state index contributed by atoms with van der Waals surface area (Å²) in [6, 6.07) is 20.1.